The number of nitrogens with one attached hydrogen (secondary N) is 1. The maximum absolute atomic E-state index is 11.7. The molecule has 2 rings (SSSR count). The Bertz CT molecular complexity index is 504. The summed E-state index contributed by atoms with van der Waals surface area (Å²) in [6.45, 7) is 2.38. The number of esters is 1. The van der Waals surface area contributed by atoms with Crippen LogP contribution in [0.2, 0.25) is 0 Å². The number of methoxy groups -OCH3 is 1. The van der Waals surface area contributed by atoms with Gasteiger partial charge in [-0.25, -0.2) is 4.79 Å². The zero-order chi connectivity index (χ0) is 13.0. The molecule has 0 aliphatic heterocycles. The van der Waals surface area contributed by atoms with Gasteiger partial charge in [0.1, 0.15) is 17.6 Å². The third-order valence-corrected chi connectivity index (χ3v) is 3.29. The molecule has 0 saturated heterocycles. The molecule has 1 N–H and O–H groups in total. The van der Waals surface area contributed by atoms with Gasteiger partial charge in [0.2, 0.25) is 0 Å². The summed E-state index contributed by atoms with van der Waals surface area (Å²) in [5, 5.41) is 7.01. The lowest BCUT2D eigenvalue weighted by molar-refractivity contribution is -0.143. The normalized spacial score (nSPS) is 12.3. The zero-order valence-corrected chi connectivity index (χ0v) is 11.1. The van der Waals surface area contributed by atoms with Crippen LogP contribution in [0.15, 0.2) is 33.4 Å². The highest BCUT2D eigenvalue weighted by molar-refractivity contribution is 7.08. The molecule has 18 heavy (non-hydrogen) atoms. The molecule has 0 spiro atoms. The molecule has 0 radical (unpaired) electrons. The Morgan fingerprint density at radius 1 is 1.50 bits per heavy atom. The first-order valence-electron chi connectivity index (χ1n) is 5.59. The van der Waals surface area contributed by atoms with Gasteiger partial charge in [0.05, 0.1) is 13.7 Å². The minimum absolute atomic E-state index is 0.295. The molecule has 0 unspecified atom stereocenters. The van der Waals surface area contributed by atoms with Crippen LogP contribution in [0.3, 0.4) is 0 Å². The van der Waals surface area contributed by atoms with E-state index in [0.717, 1.165) is 17.1 Å². The smallest absolute Gasteiger partial charge is 0.327 e. The first-order valence-corrected chi connectivity index (χ1v) is 6.53. The Morgan fingerprint density at radius 2 is 2.33 bits per heavy atom. The molecule has 0 aliphatic rings. The van der Waals surface area contributed by atoms with Crippen LogP contribution < -0.4 is 5.32 Å². The van der Waals surface area contributed by atoms with Gasteiger partial charge in [-0.2, -0.15) is 11.3 Å². The van der Waals surface area contributed by atoms with Crippen molar-refractivity contribution in [1.29, 1.82) is 0 Å². The molecule has 1 atom stereocenters. The monoisotopic (exact) mass is 265 g/mol. The van der Waals surface area contributed by atoms with Crippen LogP contribution in [0.4, 0.5) is 0 Å². The summed E-state index contributed by atoms with van der Waals surface area (Å²) in [7, 11) is 1.39. The van der Waals surface area contributed by atoms with Gasteiger partial charge < -0.3 is 9.15 Å². The summed E-state index contributed by atoms with van der Waals surface area (Å²) in [6, 6.07) is 5.25. The Labute approximate surface area is 110 Å². The third kappa shape index (κ3) is 3.00. The van der Waals surface area contributed by atoms with Crippen LogP contribution in [0.5, 0.6) is 0 Å². The van der Waals surface area contributed by atoms with Crippen LogP contribution in [0, 0.1) is 6.92 Å². The maximum atomic E-state index is 11.7. The number of furan rings is 1. The molecule has 96 valence electrons. The fourth-order valence-electron chi connectivity index (χ4n) is 1.68. The van der Waals surface area contributed by atoms with Crippen LogP contribution >= 0.6 is 11.3 Å². The predicted molar refractivity (Wildman–Crippen MR) is 69.4 cm³/mol. The van der Waals surface area contributed by atoms with Crippen molar-refractivity contribution in [2.45, 2.75) is 19.5 Å². The fourth-order valence-corrected chi connectivity index (χ4v) is 2.36. The molecule has 0 amide bonds. The molecule has 2 aromatic heterocycles. The van der Waals surface area contributed by atoms with Gasteiger partial charge in [-0.05, 0) is 41.4 Å². The minimum atomic E-state index is -0.452. The van der Waals surface area contributed by atoms with E-state index < -0.39 is 6.04 Å². The van der Waals surface area contributed by atoms with Gasteiger partial charge in [0.25, 0.3) is 0 Å². The number of thiophene rings is 1. The minimum Gasteiger partial charge on any atom is -0.468 e. The maximum Gasteiger partial charge on any atom is 0.327 e. The number of ether oxygens (including phenoxy) is 1. The van der Waals surface area contributed by atoms with Crippen LogP contribution in [0.25, 0.3) is 0 Å². The topological polar surface area (TPSA) is 51.5 Å². The highest BCUT2D eigenvalue weighted by Crippen LogP contribution is 2.18. The van der Waals surface area contributed by atoms with E-state index in [4.69, 9.17) is 9.15 Å². The predicted octanol–water partition coefficient (Wildman–Crippen LogP) is 2.65. The average molecular weight is 265 g/mol. The Morgan fingerprint density at radius 3 is 2.89 bits per heavy atom. The van der Waals surface area contributed by atoms with E-state index in [-0.39, 0.29) is 5.97 Å². The van der Waals surface area contributed by atoms with Crippen molar-refractivity contribution in [2.75, 3.05) is 7.11 Å². The Kier molecular flexibility index (Phi) is 4.17. The second kappa shape index (κ2) is 5.84. The molecule has 5 heteroatoms. The van der Waals surface area contributed by atoms with Crippen LogP contribution in [-0.4, -0.2) is 13.1 Å². The van der Waals surface area contributed by atoms with Crippen molar-refractivity contribution in [3.63, 3.8) is 0 Å². The lowest BCUT2D eigenvalue weighted by atomic mass is 10.1. The molecular formula is C13H15NO3S. The summed E-state index contributed by atoms with van der Waals surface area (Å²) in [5.41, 5.74) is 0.912. The molecule has 0 aliphatic carbocycles. The molecule has 0 saturated carbocycles. The SMILES string of the molecule is COC(=O)[C@@H](NCc1ccc(C)o1)c1ccsc1. The van der Waals surface area contributed by atoms with E-state index in [1.165, 1.54) is 7.11 Å². The number of rotatable bonds is 5. The van der Waals surface area contributed by atoms with Crippen molar-refractivity contribution >= 4 is 17.3 Å². The largest absolute Gasteiger partial charge is 0.468 e. The Hall–Kier alpha value is -1.59. The van der Waals surface area contributed by atoms with Gasteiger partial charge in [-0.3, -0.25) is 5.32 Å². The second-order valence-electron chi connectivity index (χ2n) is 3.91. The van der Waals surface area contributed by atoms with Crippen molar-refractivity contribution < 1.29 is 13.9 Å². The number of hydrogen-bond acceptors (Lipinski definition) is 5. The number of carbonyl (C=O) groups excluding carboxylic acids is 1. The van der Waals surface area contributed by atoms with E-state index in [2.05, 4.69) is 5.32 Å². The van der Waals surface area contributed by atoms with Crippen molar-refractivity contribution in [1.82, 2.24) is 5.32 Å². The Balaban J connectivity index is 2.04. The number of carbonyl (C=O) groups is 1. The van der Waals surface area contributed by atoms with E-state index in [1.54, 1.807) is 11.3 Å². The number of aryl methyl sites for hydroxylation is 1. The van der Waals surface area contributed by atoms with Gasteiger partial charge in [-0.1, -0.05) is 0 Å². The van der Waals surface area contributed by atoms with Crippen molar-refractivity contribution in [2.24, 2.45) is 0 Å². The van der Waals surface area contributed by atoms with E-state index >= 15 is 0 Å². The summed E-state index contributed by atoms with van der Waals surface area (Å²) in [6.07, 6.45) is 0. The standard InChI is InChI=1S/C13H15NO3S/c1-9-3-4-11(17-9)7-14-12(13(15)16-2)10-5-6-18-8-10/h3-6,8,12,14H,7H2,1-2H3/t12-/m0/s1. The van der Waals surface area contributed by atoms with Crippen LogP contribution in [-0.2, 0) is 16.1 Å². The highest BCUT2D eigenvalue weighted by Gasteiger charge is 2.21. The molecule has 2 heterocycles. The molecular weight excluding hydrogens is 250 g/mol. The van der Waals surface area contributed by atoms with Gasteiger partial charge in [0.15, 0.2) is 0 Å². The fraction of sp³-hybridized carbons (Fsp3) is 0.308. The third-order valence-electron chi connectivity index (χ3n) is 2.59. The summed E-state index contributed by atoms with van der Waals surface area (Å²) < 4.78 is 10.3. The summed E-state index contributed by atoms with van der Waals surface area (Å²) >= 11 is 1.55. The van der Waals surface area contributed by atoms with E-state index in [0.29, 0.717) is 6.54 Å². The first kappa shape index (κ1) is 12.9. The average Bonchev–Trinajstić information content (AvgIpc) is 3.01. The number of hydrogen-bond donors (Lipinski definition) is 1. The quantitative estimate of drug-likeness (QED) is 0.844. The second-order valence-corrected chi connectivity index (χ2v) is 4.69. The van der Waals surface area contributed by atoms with Crippen LogP contribution in [0.1, 0.15) is 23.1 Å². The highest BCUT2D eigenvalue weighted by atomic mass is 32.1. The van der Waals surface area contributed by atoms with Crippen molar-refractivity contribution in [3.8, 4) is 0 Å². The van der Waals surface area contributed by atoms with Crippen molar-refractivity contribution in [3.05, 3.63) is 46.0 Å². The summed E-state index contributed by atoms with van der Waals surface area (Å²) in [5.74, 6) is 1.37. The lowest BCUT2D eigenvalue weighted by Gasteiger charge is -2.14. The molecule has 0 aromatic carbocycles. The summed E-state index contributed by atoms with van der Waals surface area (Å²) in [4.78, 5) is 11.7. The zero-order valence-electron chi connectivity index (χ0n) is 10.3. The van der Waals surface area contributed by atoms with Gasteiger partial charge in [-0.15, -0.1) is 0 Å². The lowest BCUT2D eigenvalue weighted by Crippen LogP contribution is -2.28. The van der Waals surface area contributed by atoms with E-state index in [9.17, 15) is 4.79 Å². The molecule has 0 fully saturated rings. The van der Waals surface area contributed by atoms with E-state index in [1.807, 2.05) is 35.9 Å². The van der Waals surface area contributed by atoms with Gasteiger partial charge in [0, 0.05) is 0 Å². The van der Waals surface area contributed by atoms with Gasteiger partial charge >= 0.3 is 5.97 Å². The molecule has 4 nitrogen and oxygen atoms in total. The molecule has 2 aromatic rings. The molecule has 0 bridgehead atoms. The first-order chi connectivity index (χ1) is 8.70.